The third-order valence-electron chi connectivity index (χ3n) is 3.91. The molecule has 0 bridgehead atoms. The van der Waals surface area contributed by atoms with Crippen molar-refractivity contribution >= 4 is 17.3 Å². The average molecular weight is 305 g/mol. The van der Waals surface area contributed by atoms with E-state index < -0.39 is 0 Å². The number of anilines is 1. The van der Waals surface area contributed by atoms with Gasteiger partial charge < -0.3 is 10.2 Å². The van der Waals surface area contributed by atoms with Gasteiger partial charge in [-0.1, -0.05) is 29.8 Å². The fourth-order valence-corrected chi connectivity index (χ4v) is 2.93. The molecule has 0 unspecified atom stereocenters. The summed E-state index contributed by atoms with van der Waals surface area (Å²) in [6, 6.07) is 11.4. The van der Waals surface area contributed by atoms with Crippen molar-refractivity contribution in [2.75, 3.05) is 18.5 Å². The number of likely N-dealkylation sites (N-methyl/N-ethyl adjacent to an activating group) is 1. The molecule has 1 heterocycles. The maximum absolute atomic E-state index is 13.1. The highest BCUT2D eigenvalue weighted by Crippen LogP contribution is 2.27. The Morgan fingerprint density at radius 1 is 1.14 bits per heavy atom. The first-order valence-corrected chi connectivity index (χ1v) is 7.49. The zero-order chi connectivity index (χ0) is 14.8. The number of nitrogens with one attached hydrogen (secondary N) is 1. The number of rotatable bonds is 4. The molecule has 0 aliphatic carbocycles. The largest absolute Gasteiger partial charge is 0.374 e. The van der Waals surface area contributed by atoms with Gasteiger partial charge in [-0.15, -0.1) is 0 Å². The van der Waals surface area contributed by atoms with Crippen LogP contribution in [0.25, 0.3) is 0 Å². The molecule has 0 spiro atoms. The molecule has 0 radical (unpaired) electrons. The number of hydrogen-bond donors (Lipinski definition) is 1. The van der Waals surface area contributed by atoms with Crippen LogP contribution in [0.15, 0.2) is 36.4 Å². The maximum atomic E-state index is 13.1. The van der Waals surface area contributed by atoms with Crippen LogP contribution in [0.4, 0.5) is 10.1 Å². The summed E-state index contributed by atoms with van der Waals surface area (Å²) in [5.41, 5.74) is 5.02. The van der Waals surface area contributed by atoms with E-state index in [4.69, 9.17) is 11.6 Å². The standard InChI is InChI=1S/C17H18ClFN2/c1-21-7-6-14-8-12(3-5-17(14)21)10-20-11-13-2-4-16(19)15(18)9-13/h2-5,8-9,20H,6-7,10-11H2,1H3. The molecule has 1 N–H and O–H groups in total. The molecule has 0 saturated carbocycles. The summed E-state index contributed by atoms with van der Waals surface area (Å²) in [5.74, 6) is -0.372. The second-order valence-electron chi connectivity index (χ2n) is 5.49. The van der Waals surface area contributed by atoms with E-state index in [9.17, 15) is 4.39 Å². The van der Waals surface area contributed by atoms with Gasteiger partial charge in [0.25, 0.3) is 0 Å². The Balaban J connectivity index is 1.59. The first-order valence-electron chi connectivity index (χ1n) is 7.11. The van der Waals surface area contributed by atoms with Crippen LogP contribution >= 0.6 is 11.6 Å². The van der Waals surface area contributed by atoms with E-state index in [1.54, 1.807) is 12.1 Å². The van der Waals surface area contributed by atoms with Gasteiger partial charge in [-0.25, -0.2) is 4.39 Å². The van der Waals surface area contributed by atoms with Gasteiger partial charge in [0.05, 0.1) is 5.02 Å². The normalized spacial score (nSPS) is 13.6. The van der Waals surface area contributed by atoms with E-state index in [2.05, 4.69) is 35.5 Å². The van der Waals surface area contributed by atoms with Crippen molar-refractivity contribution in [3.8, 4) is 0 Å². The van der Waals surface area contributed by atoms with Crippen LogP contribution in [0.5, 0.6) is 0 Å². The first kappa shape index (κ1) is 14.4. The summed E-state index contributed by atoms with van der Waals surface area (Å²) in [4.78, 5) is 2.28. The SMILES string of the molecule is CN1CCc2cc(CNCc3ccc(F)c(Cl)c3)ccc21. The quantitative estimate of drug-likeness (QED) is 0.925. The highest BCUT2D eigenvalue weighted by Gasteiger charge is 2.15. The van der Waals surface area contributed by atoms with Crippen molar-refractivity contribution < 1.29 is 4.39 Å². The second-order valence-corrected chi connectivity index (χ2v) is 5.89. The molecule has 0 aromatic heterocycles. The minimum absolute atomic E-state index is 0.176. The van der Waals surface area contributed by atoms with Gasteiger partial charge >= 0.3 is 0 Å². The van der Waals surface area contributed by atoms with Gasteiger partial charge in [0.1, 0.15) is 5.82 Å². The third-order valence-corrected chi connectivity index (χ3v) is 4.20. The average Bonchev–Trinajstić information content (AvgIpc) is 2.84. The van der Waals surface area contributed by atoms with E-state index in [-0.39, 0.29) is 10.8 Å². The Morgan fingerprint density at radius 2 is 1.86 bits per heavy atom. The smallest absolute Gasteiger partial charge is 0.141 e. The zero-order valence-corrected chi connectivity index (χ0v) is 12.8. The summed E-state index contributed by atoms with van der Waals surface area (Å²) in [6.07, 6.45) is 1.12. The molecular formula is C17H18ClFN2. The van der Waals surface area contributed by atoms with Gasteiger partial charge in [-0.2, -0.15) is 0 Å². The monoisotopic (exact) mass is 304 g/mol. The lowest BCUT2D eigenvalue weighted by atomic mass is 10.1. The van der Waals surface area contributed by atoms with Crippen LogP contribution in [0.2, 0.25) is 5.02 Å². The molecule has 1 aliphatic heterocycles. The molecule has 0 amide bonds. The topological polar surface area (TPSA) is 15.3 Å². The Morgan fingerprint density at radius 3 is 2.62 bits per heavy atom. The van der Waals surface area contributed by atoms with Crippen LogP contribution in [-0.2, 0) is 19.5 Å². The van der Waals surface area contributed by atoms with Crippen molar-refractivity contribution in [2.45, 2.75) is 19.5 Å². The zero-order valence-electron chi connectivity index (χ0n) is 12.0. The van der Waals surface area contributed by atoms with Crippen molar-refractivity contribution in [1.82, 2.24) is 5.32 Å². The van der Waals surface area contributed by atoms with Crippen LogP contribution in [-0.4, -0.2) is 13.6 Å². The number of hydrogen-bond acceptors (Lipinski definition) is 2. The molecule has 3 rings (SSSR count). The minimum Gasteiger partial charge on any atom is -0.374 e. The predicted octanol–water partition coefficient (Wildman–Crippen LogP) is 3.76. The molecular weight excluding hydrogens is 287 g/mol. The van der Waals surface area contributed by atoms with E-state index in [0.717, 1.165) is 25.1 Å². The molecule has 0 saturated heterocycles. The van der Waals surface area contributed by atoms with Crippen LogP contribution < -0.4 is 10.2 Å². The van der Waals surface area contributed by atoms with Crippen molar-refractivity contribution in [2.24, 2.45) is 0 Å². The number of fused-ring (bicyclic) bond motifs is 1. The summed E-state index contributed by atoms with van der Waals surface area (Å²) in [5, 5.41) is 3.55. The fraction of sp³-hybridized carbons (Fsp3) is 0.294. The minimum atomic E-state index is -0.372. The van der Waals surface area contributed by atoms with Gasteiger partial charge in [-0.3, -0.25) is 0 Å². The molecule has 0 fully saturated rings. The molecule has 21 heavy (non-hydrogen) atoms. The molecule has 4 heteroatoms. The van der Waals surface area contributed by atoms with E-state index in [1.807, 2.05) is 0 Å². The lowest BCUT2D eigenvalue weighted by Gasteiger charge is -2.12. The Labute approximate surface area is 129 Å². The Kier molecular flexibility index (Phi) is 4.13. The number of benzene rings is 2. The van der Waals surface area contributed by atoms with Crippen LogP contribution in [0.1, 0.15) is 16.7 Å². The summed E-state index contributed by atoms with van der Waals surface area (Å²) >= 11 is 5.78. The molecule has 2 aromatic rings. The lowest BCUT2D eigenvalue weighted by Crippen LogP contribution is -2.13. The number of nitrogens with zero attached hydrogens (tertiary/aromatic N) is 1. The van der Waals surface area contributed by atoms with E-state index in [0.29, 0.717) is 6.54 Å². The summed E-state index contributed by atoms with van der Waals surface area (Å²) in [6.45, 7) is 2.57. The molecule has 2 nitrogen and oxygen atoms in total. The lowest BCUT2D eigenvalue weighted by molar-refractivity contribution is 0.625. The molecule has 2 aromatic carbocycles. The predicted molar refractivity (Wildman–Crippen MR) is 85.4 cm³/mol. The van der Waals surface area contributed by atoms with E-state index in [1.165, 1.54) is 22.9 Å². The van der Waals surface area contributed by atoms with Gasteiger partial charge in [-0.05, 0) is 41.3 Å². The molecule has 110 valence electrons. The Bertz CT molecular complexity index is 657. The third kappa shape index (κ3) is 3.20. The van der Waals surface area contributed by atoms with E-state index >= 15 is 0 Å². The van der Waals surface area contributed by atoms with Crippen molar-refractivity contribution in [3.63, 3.8) is 0 Å². The fourth-order valence-electron chi connectivity index (χ4n) is 2.73. The highest BCUT2D eigenvalue weighted by atomic mass is 35.5. The van der Waals surface area contributed by atoms with Crippen molar-refractivity contribution in [3.05, 3.63) is 63.9 Å². The van der Waals surface area contributed by atoms with Gasteiger partial charge in [0.2, 0.25) is 0 Å². The van der Waals surface area contributed by atoms with Crippen LogP contribution in [0.3, 0.4) is 0 Å². The molecule has 0 atom stereocenters. The van der Waals surface area contributed by atoms with Gasteiger partial charge in [0, 0.05) is 32.4 Å². The summed E-state index contributed by atoms with van der Waals surface area (Å²) < 4.78 is 13.1. The van der Waals surface area contributed by atoms with Crippen LogP contribution in [0, 0.1) is 5.82 Å². The first-order chi connectivity index (χ1) is 10.1. The van der Waals surface area contributed by atoms with Crippen molar-refractivity contribution in [1.29, 1.82) is 0 Å². The highest BCUT2D eigenvalue weighted by molar-refractivity contribution is 6.30. The second kappa shape index (κ2) is 6.04. The van der Waals surface area contributed by atoms with Gasteiger partial charge in [0.15, 0.2) is 0 Å². The Hall–Kier alpha value is -1.58. The summed E-state index contributed by atoms with van der Waals surface area (Å²) in [7, 11) is 2.13. The molecule has 1 aliphatic rings. The number of halogens is 2. The maximum Gasteiger partial charge on any atom is 0.141 e.